The van der Waals surface area contributed by atoms with Gasteiger partial charge >= 0.3 is 11.9 Å². The summed E-state index contributed by atoms with van der Waals surface area (Å²) in [5, 5.41) is 28.4. The Morgan fingerprint density at radius 1 is 1.10 bits per heavy atom. The van der Waals surface area contributed by atoms with Crippen molar-refractivity contribution in [1.29, 1.82) is 0 Å². The largest absolute Gasteiger partial charge is 0.497 e. The third-order valence-corrected chi connectivity index (χ3v) is 8.85. The molecule has 0 radical (unpaired) electrons. The number of rotatable bonds is 9. The number of aliphatic carboxylic acids is 1. The van der Waals surface area contributed by atoms with E-state index in [0.717, 1.165) is 25.9 Å². The van der Waals surface area contributed by atoms with E-state index in [1.165, 1.54) is 19.4 Å². The third-order valence-electron chi connectivity index (χ3n) is 7.00. The first kappa shape index (κ1) is 28.4. The molecular formula is C26H31N3O9S. The van der Waals surface area contributed by atoms with Crippen molar-refractivity contribution in [3.63, 3.8) is 0 Å². The summed E-state index contributed by atoms with van der Waals surface area (Å²) in [5.41, 5.74) is 4.25. The summed E-state index contributed by atoms with van der Waals surface area (Å²) >= 11 is 0. The molecule has 0 amide bonds. The van der Waals surface area contributed by atoms with Crippen LogP contribution >= 0.6 is 0 Å². The van der Waals surface area contributed by atoms with Crippen LogP contribution in [0, 0.1) is 6.92 Å². The number of nitrogens with zero attached hydrogens (tertiary/aromatic N) is 1. The molecule has 2 aromatic carbocycles. The SMILES string of the molecule is COc1ccc2[nH]cc(S(=O)(=O)c3cc(NOC(=O)C(O)C(O)C(=O)O)c(C)cc3C3CCN(C)CC3)c2c1. The van der Waals surface area contributed by atoms with Gasteiger partial charge < -0.3 is 34.8 Å². The van der Waals surface area contributed by atoms with Crippen LogP contribution in [0.15, 0.2) is 46.3 Å². The number of carbonyl (C=O) groups is 2. The number of hydrogen-bond acceptors (Lipinski definition) is 10. The van der Waals surface area contributed by atoms with Crippen molar-refractivity contribution in [1.82, 2.24) is 9.88 Å². The van der Waals surface area contributed by atoms with E-state index in [4.69, 9.17) is 14.7 Å². The third kappa shape index (κ3) is 5.71. The zero-order valence-electron chi connectivity index (χ0n) is 21.7. The molecule has 1 fully saturated rings. The summed E-state index contributed by atoms with van der Waals surface area (Å²) in [5.74, 6) is -2.79. The number of aryl methyl sites for hydroxylation is 1. The van der Waals surface area contributed by atoms with Crippen LogP contribution in [0.4, 0.5) is 5.69 Å². The molecule has 0 saturated carbocycles. The van der Waals surface area contributed by atoms with Gasteiger partial charge in [-0.3, -0.25) is 0 Å². The Hall–Kier alpha value is -3.65. The Kier molecular flexibility index (Phi) is 8.16. The highest BCUT2D eigenvalue weighted by Crippen LogP contribution is 2.39. The fourth-order valence-corrected chi connectivity index (χ4v) is 6.38. The maximum absolute atomic E-state index is 14.2. The highest BCUT2D eigenvalue weighted by molar-refractivity contribution is 7.91. The zero-order chi connectivity index (χ0) is 28.5. The first-order valence-electron chi connectivity index (χ1n) is 12.2. The minimum Gasteiger partial charge on any atom is -0.497 e. The quantitative estimate of drug-likeness (QED) is 0.241. The lowest BCUT2D eigenvalue weighted by molar-refractivity contribution is -0.167. The number of fused-ring (bicyclic) bond motifs is 1. The first-order chi connectivity index (χ1) is 18.4. The van der Waals surface area contributed by atoms with Crippen molar-refractivity contribution >= 4 is 38.4 Å². The van der Waals surface area contributed by atoms with E-state index in [1.807, 2.05) is 7.05 Å². The molecule has 39 heavy (non-hydrogen) atoms. The van der Waals surface area contributed by atoms with Crippen molar-refractivity contribution in [3.05, 3.63) is 47.7 Å². The van der Waals surface area contributed by atoms with Crippen LogP contribution < -0.4 is 10.2 Å². The number of hydrogen-bond donors (Lipinski definition) is 5. The smallest absolute Gasteiger partial charge is 0.363 e. The lowest BCUT2D eigenvalue weighted by Gasteiger charge is -2.30. The molecule has 1 aliphatic heterocycles. The molecule has 4 rings (SSSR count). The second kappa shape index (κ2) is 11.2. The minimum absolute atomic E-state index is 0.0241. The molecule has 13 heteroatoms. The second-order valence-electron chi connectivity index (χ2n) is 9.60. The summed E-state index contributed by atoms with van der Waals surface area (Å²) in [6.45, 7) is 3.30. The number of benzene rings is 2. The van der Waals surface area contributed by atoms with E-state index in [-0.39, 0.29) is 21.4 Å². The van der Waals surface area contributed by atoms with Gasteiger partial charge in [0.2, 0.25) is 9.84 Å². The summed E-state index contributed by atoms with van der Waals surface area (Å²) in [4.78, 5) is 33.0. The van der Waals surface area contributed by atoms with E-state index in [0.29, 0.717) is 27.8 Å². The van der Waals surface area contributed by atoms with Gasteiger partial charge in [-0.05, 0) is 81.2 Å². The van der Waals surface area contributed by atoms with Crippen LogP contribution in [0.1, 0.15) is 29.9 Å². The van der Waals surface area contributed by atoms with Crippen molar-refractivity contribution < 1.29 is 42.9 Å². The predicted molar refractivity (Wildman–Crippen MR) is 140 cm³/mol. The van der Waals surface area contributed by atoms with Crippen LogP contribution in [0.5, 0.6) is 5.75 Å². The van der Waals surface area contributed by atoms with Crippen LogP contribution in [-0.4, -0.2) is 85.0 Å². The Bertz CT molecular complexity index is 1490. The number of H-pyrrole nitrogens is 1. The summed E-state index contributed by atoms with van der Waals surface area (Å²) in [6.07, 6.45) is -1.81. The standard InChI is InChI=1S/C26H31N3O9S/c1-14-10-17(15-6-8-29(2)9-7-15)21(12-20(14)28-38-26(34)24(31)23(30)25(32)33)39(35,36)22-13-27-19-5-4-16(37-3)11-18(19)22/h4-5,10-13,15,23-24,27-28,30-31H,6-9H2,1-3H3,(H,32,33). The Morgan fingerprint density at radius 3 is 2.44 bits per heavy atom. The average molecular weight is 562 g/mol. The molecule has 2 heterocycles. The van der Waals surface area contributed by atoms with Gasteiger partial charge in [-0.1, -0.05) is 6.07 Å². The molecular weight excluding hydrogens is 530 g/mol. The van der Waals surface area contributed by atoms with Crippen LogP contribution in [-0.2, 0) is 24.3 Å². The van der Waals surface area contributed by atoms with Crippen LogP contribution in [0.25, 0.3) is 10.9 Å². The summed E-state index contributed by atoms with van der Waals surface area (Å²) < 4.78 is 33.6. The normalized spacial score (nSPS) is 16.5. The van der Waals surface area contributed by atoms with E-state index < -0.39 is 34.0 Å². The maximum atomic E-state index is 14.2. The topological polar surface area (TPSA) is 178 Å². The molecule has 5 N–H and O–H groups in total. The number of ether oxygens (including phenoxy) is 1. The van der Waals surface area contributed by atoms with E-state index in [1.54, 1.807) is 31.2 Å². The molecule has 210 valence electrons. The molecule has 3 aromatic rings. The molecule has 2 atom stereocenters. The molecule has 1 aliphatic rings. The van der Waals surface area contributed by atoms with Crippen molar-refractivity contribution in [2.45, 2.75) is 47.7 Å². The molecule has 1 saturated heterocycles. The fraction of sp³-hybridized carbons (Fsp3) is 0.385. The van der Waals surface area contributed by atoms with Gasteiger partial charge in [-0.2, -0.15) is 0 Å². The number of aromatic nitrogens is 1. The number of sulfone groups is 1. The lowest BCUT2D eigenvalue weighted by atomic mass is 9.88. The van der Waals surface area contributed by atoms with Gasteiger partial charge in [0.05, 0.1) is 22.6 Å². The summed E-state index contributed by atoms with van der Waals surface area (Å²) in [7, 11) is -0.606. The van der Waals surface area contributed by atoms with Crippen molar-refractivity contribution in [3.8, 4) is 5.75 Å². The van der Waals surface area contributed by atoms with Crippen molar-refractivity contribution in [2.24, 2.45) is 0 Å². The number of aromatic amines is 1. The number of aliphatic hydroxyl groups is 2. The van der Waals surface area contributed by atoms with E-state index in [2.05, 4.69) is 15.4 Å². The highest BCUT2D eigenvalue weighted by Gasteiger charge is 2.33. The van der Waals surface area contributed by atoms with Gasteiger partial charge in [0.25, 0.3) is 0 Å². The predicted octanol–water partition coefficient (Wildman–Crippen LogP) is 1.80. The van der Waals surface area contributed by atoms with Gasteiger partial charge in [-0.15, -0.1) is 0 Å². The van der Waals surface area contributed by atoms with Gasteiger partial charge in [0.1, 0.15) is 5.75 Å². The van der Waals surface area contributed by atoms with E-state index >= 15 is 0 Å². The van der Waals surface area contributed by atoms with Gasteiger partial charge in [-0.25, -0.2) is 23.5 Å². The number of nitrogens with one attached hydrogen (secondary N) is 2. The number of carboxylic acids is 1. The lowest BCUT2D eigenvalue weighted by Crippen LogP contribution is -2.41. The molecule has 0 spiro atoms. The van der Waals surface area contributed by atoms with Crippen LogP contribution in [0.3, 0.4) is 0 Å². The number of carboxylic acid groups (broad SMARTS) is 1. The monoisotopic (exact) mass is 561 g/mol. The molecule has 0 bridgehead atoms. The Labute approximate surface area is 225 Å². The molecule has 12 nitrogen and oxygen atoms in total. The van der Waals surface area contributed by atoms with Crippen molar-refractivity contribution in [2.75, 3.05) is 32.7 Å². The highest BCUT2D eigenvalue weighted by atomic mass is 32.2. The molecule has 2 unspecified atom stereocenters. The zero-order valence-corrected chi connectivity index (χ0v) is 22.5. The number of likely N-dealkylation sites (tertiary alicyclic amines) is 1. The summed E-state index contributed by atoms with van der Waals surface area (Å²) in [6, 6.07) is 8.18. The number of aliphatic hydroxyl groups excluding tert-OH is 2. The van der Waals surface area contributed by atoms with Gasteiger partial charge in [0.15, 0.2) is 12.2 Å². The molecule has 0 aliphatic carbocycles. The first-order valence-corrected chi connectivity index (χ1v) is 13.7. The minimum atomic E-state index is -4.11. The maximum Gasteiger partial charge on any atom is 0.363 e. The van der Waals surface area contributed by atoms with E-state index in [9.17, 15) is 28.2 Å². The molecule has 1 aromatic heterocycles. The average Bonchev–Trinajstić information content (AvgIpc) is 3.35. The Morgan fingerprint density at radius 2 is 1.79 bits per heavy atom. The number of piperidine rings is 1. The second-order valence-corrected chi connectivity index (χ2v) is 11.5. The number of methoxy groups -OCH3 is 1. The Balaban J connectivity index is 1.77. The van der Waals surface area contributed by atoms with Gasteiger partial charge in [0, 0.05) is 17.1 Å². The number of anilines is 1. The number of carbonyl (C=O) groups excluding carboxylic acids is 1. The fourth-order valence-electron chi connectivity index (χ4n) is 4.66. The van der Waals surface area contributed by atoms with Crippen LogP contribution in [0.2, 0.25) is 0 Å².